The molecule has 0 aromatic rings. The molecule has 4 N–H and O–H groups in total. The summed E-state index contributed by atoms with van der Waals surface area (Å²) in [5.74, 6) is -2.31. The van der Waals surface area contributed by atoms with Crippen molar-refractivity contribution in [3.8, 4) is 0 Å². The molecule has 0 aromatic carbocycles. The maximum atomic E-state index is 9.66. The normalized spacial score (nSPS) is 10.5. The van der Waals surface area contributed by atoms with Gasteiger partial charge in [-0.2, -0.15) is 0 Å². The van der Waals surface area contributed by atoms with Crippen molar-refractivity contribution in [2.24, 2.45) is 11.5 Å². The van der Waals surface area contributed by atoms with Gasteiger partial charge in [-0.25, -0.2) is 0 Å². The Morgan fingerprint density at radius 1 is 1.25 bits per heavy atom. The summed E-state index contributed by atoms with van der Waals surface area (Å²) < 4.78 is 0. The highest BCUT2D eigenvalue weighted by Crippen LogP contribution is 1.94. The summed E-state index contributed by atoms with van der Waals surface area (Å²) in [4.78, 5) is 26.5. The molecule has 70 valence electrons. The second kappa shape index (κ2) is 3.64. The zero-order valence-electron chi connectivity index (χ0n) is 5.71. The minimum atomic E-state index is -2.31. The van der Waals surface area contributed by atoms with Crippen LogP contribution in [0.25, 0.3) is 0 Å². The zero-order chi connectivity index (χ0) is 9.78. The predicted octanol–water partition coefficient (Wildman–Crippen LogP) is -2.03. The Morgan fingerprint density at radius 2 is 1.75 bits per heavy atom. The van der Waals surface area contributed by atoms with Crippen LogP contribution in [0.5, 0.6) is 0 Å². The highest BCUT2D eigenvalue weighted by atomic mass is 17.0. The van der Waals surface area contributed by atoms with Crippen LogP contribution in [0, 0.1) is 20.2 Å². The highest BCUT2D eigenvalue weighted by molar-refractivity contribution is 4.58. The molecular formula is C2H6N4O6. The van der Waals surface area contributed by atoms with E-state index in [0.29, 0.717) is 0 Å². The molecule has 0 unspecified atom stereocenters. The van der Waals surface area contributed by atoms with Gasteiger partial charge in [0.25, 0.3) is 10.2 Å². The Hall–Kier alpha value is -1.68. The van der Waals surface area contributed by atoms with Crippen molar-refractivity contribution in [3.63, 3.8) is 0 Å². The van der Waals surface area contributed by atoms with Crippen molar-refractivity contribution in [2.75, 3.05) is 6.61 Å². The number of nitrogens with two attached hydrogens (primary N) is 2. The average Bonchev–Trinajstić information content (AvgIpc) is 1.81. The molecule has 0 amide bonds. The third-order valence-electron chi connectivity index (χ3n) is 0.640. The third kappa shape index (κ3) is 5.13. The summed E-state index contributed by atoms with van der Waals surface area (Å²) in [7, 11) is 0. The summed E-state index contributed by atoms with van der Waals surface area (Å²) in [6.45, 7) is -0.930. The SMILES string of the molecule is NC(N)(CO[N+](=O)[O-])O[N+](=O)[O-]. The highest BCUT2D eigenvalue weighted by Gasteiger charge is 2.25. The molecule has 0 saturated carbocycles. The summed E-state index contributed by atoms with van der Waals surface area (Å²) >= 11 is 0. The molecule has 0 spiro atoms. The van der Waals surface area contributed by atoms with Crippen LogP contribution in [-0.2, 0) is 9.68 Å². The predicted molar refractivity (Wildman–Crippen MR) is 32.1 cm³/mol. The fourth-order valence-electron chi connectivity index (χ4n) is 0.319. The van der Waals surface area contributed by atoms with Gasteiger partial charge in [-0.1, -0.05) is 0 Å². The van der Waals surface area contributed by atoms with Gasteiger partial charge >= 0.3 is 0 Å². The molecule has 0 radical (unpaired) electrons. The van der Waals surface area contributed by atoms with E-state index in [0.717, 1.165) is 0 Å². The van der Waals surface area contributed by atoms with E-state index in [-0.39, 0.29) is 0 Å². The first-order valence-electron chi connectivity index (χ1n) is 2.52. The smallest absolute Gasteiger partial charge is 0.297 e. The molecule has 10 heteroatoms. The van der Waals surface area contributed by atoms with Gasteiger partial charge in [0.05, 0.1) is 0 Å². The van der Waals surface area contributed by atoms with Crippen LogP contribution < -0.4 is 11.5 Å². The monoisotopic (exact) mass is 182 g/mol. The Morgan fingerprint density at radius 3 is 2.08 bits per heavy atom. The van der Waals surface area contributed by atoms with E-state index in [9.17, 15) is 20.2 Å². The quantitative estimate of drug-likeness (QED) is 0.280. The second-order valence-corrected chi connectivity index (χ2v) is 1.77. The standard InChI is InChI=1S/C2H6N4O6/c3-2(4,12-6(9)10)1-11-5(7)8/h1,3-4H2. The number of nitrogens with zero attached hydrogens (tertiary/aromatic N) is 2. The summed E-state index contributed by atoms with van der Waals surface area (Å²) in [5.41, 5.74) is 9.70. The van der Waals surface area contributed by atoms with Crippen LogP contribution in [0.15, 0.2) is 0 Å². The Bertz CT molecular complexity index is 190. The zero-order valence-corrected chi connectivity index (χ0v) is 5.71. The summed E-state index contributed by atoms with van der Waals surface area (Å²) in [5, 5.41) is 16.8. The molecule has 12 heavy (non-hydrogen) atoms. The summed E-state index contributed by atoms with van der Waals surface area (Å²) in [6, 6.07) is 0. The van der Waals surface area contributed by atoms with Crippen molar-refractivity contribution in [1.29, 1.82) is 0 Å². The average molecular weight is 182 g/mol. The molecule has 0 atom stereocenters. The fraction of sp³-hybridized carbons (Fsp3) is 1.00. The Kier molecular flexibility index (Phi) is 3.13. The van der Waals surface area contributed by atoms with E-state index in [2.05, 4.69) is 9.68 Å². The van der Waals surface area contributed by atoms with Gasteiger partial charge < -0.3 is 4.84 Å². The fourth-order valence-corrected chi connectivity index (χ4v) is 0.319. The van der Waals surface area contributed by atoms with Gasteiger partial charge in [-0.05, 0) is 0 Å². The number of rotatable bonds is 5. The van der Waals surface area contributed by atoms with Gasteiger partial charge in [0.15, 0.2) is 6.61 Å². The van der Waals surface area contributed by atoms with E-state index in [1.807, 2.05) is 0 Å². The molecular weight excluding hydrogens is 176 g/mol. The Balaban J connectivity index is 3.86. The largest absolute Gasteiger partial charge is 0.308 e. The molecule has 0 aliphatic rings. The van der Waals surface area contributed by atoms with Crippen LogP contribution in [0.4, 0.5) is 0 Å². The molecule has 0 rings (SSSR count). The second-order valence-electron chi connectivity index (χ2n) is 1.77. The van der Waals surface area contributed by atoms with E-state index in [4.69, 9.17) is 11.5 Å². The van der Waals surface area contributed by atoms with Crippen molar-refractivity contribution >= 4 is 0 Å². The molecule has 0 aliphatic heterocycles. The maximum absolute atomic E-state index is 9.66. The first-order valence-corrected chi connectivity index (χ1v) is 2.52. The first kappa shape index (κ1) is 10.3. The van der Waals surface area contributed by atoms with Crippen LogP contribution in [0.1, 0.15) is 0 Å². The lowest BCUT2D eigenvalue weighted by Crippen LogP contribution is -2.57. The molecule has 0 aromatic heterocycles. The lowest BCUT2D eigenvalue weighted by molar-refractivity contribution is -0.801. The Labute approximate surface area is 65.2 Å². The van der Waals surface area contributed by atoms with E-state index in [1.54, 1.807) is 0 Å². The lowest BCUT2D eigenvalue weighted by atomic mass is 10.5. The van der Waals surface area contributed by atoms with Gasteiger partial charge in [0.2, 0.25) is 5.85 Å². The first-order chi connectivity index (χ1) is 5.33. The molecule has 0 saturated heterocycles. The van der Waals surface area contributed by atoms with Crippen LogP contribution in [0.2, 0.25) is 0 Å². The molecule has 10 nitrogen and oxygen atoms in total. The van der Waals surface area contributed by atoms with Crippen molar-refractivity contribution in [3.05, 3.63) is 20.2 Å². The third-order valence-corrected chi connectivity index (χ3v) is 0.640. The minimum Gasteiger partial charge on any atom is -0.308 e. The van der Waals surface area contributed by atoms with Crippen LogP contribution >= 0.6 is 0 Å². The van der Waals surface area contributed by atoms with Crippen molar-refractivity contribution < 1.29 is 19.8 Å². The van der Waals surface area contributed by atoms with E-state index >= 15 is 0 Å². The van der Waals surface area contributed by atoms with Gasteiger partial charge in [0.1, 0.15) is 0 Å². The minimum absolute atomic E-state index is 0.930. The molecule has 0 fully saturated rings. The lowest BCUT2D eigenvalue weighted by Gasteiger charge is -2.19. The molecule has 0 aliphatic carbocycles. The van der Waals surface area contributed by atoms with Gasteiger partial charge in [-0.3, -0.25) is 16.3 Å². The number of hydrogen-bond donors (Lipinski definition) is 2. The maximum Gasteiger partial charge on any atom is 0.297 e. The van der Waals surface area contributed by atoms with Crippen molar-refractivity contribution in [1.82, 2.24) is 0 Å². The topological polar surface area (TPSA) is 157 Å². The van der Waals surface area contributed by atoms with Crippen molar-refractivity contribution in [2.45, 2.75) is 5.85 Å². The molecule has 0 heterocycles. The number of hydrogen-bond acceptors (Lipinski definition) is 8. The van der Waals surface area contributed by atoms with Gasteiger partial charge in [-0.15, -0.1) is 20.2 Å². The van der Waals surface area contributed by atoms with E-state index < -0.39 is 22.6 Å². The summed E-state index contributed by atoms with van der Waals surface area (Å²) in [6.07, 6.45) is 0. The van der Waals surface area contributed by atoms with Gasteiger partial charge in [0, 0.05) is 0 Å². The van der Waals surface area contributed by atoms with Crippen LogP contribution in [0.3, 0.4) is 0 Å². The van der Waals surface area contributed by atoms with Crippen LogP contribution in [-0.4, -0.2) is 22.6 Å². The molecule has 0 bridgehead atoms. The van der Waals surface area contributed by atoms with E-state index in [1.165, 1.54) is 0 Å².